The van der Waals surface area contributed by atoms with Gasteiger partial charge in [-0.05, 0) is 47.5 Å². The minimum absolute atomic E-state index is 0.0754. The number of fused-ring (bicyclic) bond motifs is 6. The summed E-state index contributed by atoms with van der Waals surface area (Å²) in [6, 6.07) is 20.9. The van der Waals surface area contributed by atoms with Gasteiger partial charge in [-0.15, -0.1) is 0 Å². The smallest absolute Gasteiger partial charge is 0.238 e. The van der Waals surface area contributed by atoms with Crippen molar-refractivity contribution in [1.82, 2.24) is 0 Å². The van der Waals surface area contributed by atoms with Crippen LogP contribution in [0.3, 0.4) is 0 Å². The van der Waals surface area contributed by atoms with Crippen molar-refractivity contribution < 1.29 is 19.1 Å². The minimum atomic E-state index is -1.29. The van der Waals surface area contributed by atoms with Gasteiger partial charge in [0.25, 0.3) is 0 Å². The van der Waals surface area contributed by atoms with Gasteiger partial charge in [-0.2, -0.15) is 0 Å². The van der Waals surface area contributed by atoms with Crippen molar-refractivity contribution in [2.24, 2.45) is 11.3 Å². The summed E-state index contributed by atoms with van der Waals surface area (Å²) < 4.78 is 5.30. The Kier molecular flexibility index (Phi) is 5.35. The van der Waals surface area contributed by atoms with Crippen LogP contribution in [0, 0.1) is 11.3 Å². The summed E-state index contributed by atoms with van der Waals surface area (Å²) in [6.45, 7) is 5.62. The number of nitrogens with one attached hydrogen (secondary N) is 1. The number of hydrogen-bond acceptors (Lipinski definition) is 5. The van der Waals surface area contributed by atoms with Gasteiger partial charge in [0.05, 0.1) is 19.1 Å². The number of Topliss-reactive ketones (excluding diaryl/α,β-unsaturated/α-hetero) is 2. The van der Waals surface area contributed by atoms with Gasteiger partial charge in [-0.1, -0.05) is 69.3 Å². The minimum Gasteiger partial charge on any atom is -0.497 e. The fraction of sp³-hybridized carbons (Fsp3) is 0.281. The molecule has 1 saturated heterocycles. The average molecular weight is 507 g/mol. The van der Waals surface area contributed by atoms with Gasteiger partial charge in [0.2, 0.25) is 5.91 Å². The van der Waals surface area contributed by atoms with Gasteiger partial charge in [-0.25, -0.2) is 0 Å². The van der Waals surface area contributed by atoms with Crippen molar-refractivity contribution in [1.29, 1.82) is 0 Å². The maximum atomic E-state index is 14.6. The molecule has 6 rings (SSSR count). The Balaban J connectivity index is 1.66. The largest absolute Gasteiger partial charge is 0.497 e. The molecule has 1 fully saturated rings. The molecule has 0 saturated carbocycles. The highest BCUT2D eigenvalue weighted by atomic mass is 16.5. The van der Waals surface area contributed by atoms with E-state index in [1.54, 1.807) is 31.4 Å². The number of ether oxygens (including phenoxy) is 1. The average Bonchev–Trinajstić information content (AvgIpc) is 3.40. The summed E-state index contributed by atoms with van der Waals surface area (Å²) in [5, 5.41) is 3.06. The van der Waals surface area contributed by atoms with E-state index < -0.39 is 28.8 Å². The summed E-state index contributed by atoms with van der Waals surface area (Å²) in [5.74, 6) is -0.889. The number of para-hydroxylation sites is 2. The van der Waals surface area contributed by atoms with Gasteiger partial charge in [0, 0.05) is 22.4 Å². The highest BCUT2D eigenvalue weighted by Crippen LogP contribution is 2.58. The zero-order chi connectivity index (χ0) is 26.8. The first kappa shape index (κ1) is 24.2. The van der Waals surface area contributed by atoms with Crippen molar-refractivity contribution in [2.75, 3.05) is 17.3 Å². The van der Waals surface area contributed by atoms with Crippen LogP contribution in [0.25, 0.3) is 6.08 Å². The number of anilines is 2. The lowest BCUT2D eigenvalue weighted by Gasteiger charge is -2.38. The number of carbonyl (C=O) groups is 3. The molecule has 0 bridgehead atoms. The van der Waals surface area contributed by atoms with Crippen LogP contribution in [-0.2, 0) is 15.0 Å². The van der Waals surface area contributed by atoms with Crippen LogP contribution in [0.5, 0.6) is 5.75 Å². The zero-order valence-electron chi connectivity index (χ0n) is 21.9. The third-order valence-electron chi connectivity index (χ3n) is 8.21. The van der Waals surface area contributed by atoms with Crippen molar-refractivity contribution in [3.8, 4) is 5.75 Å². The molecule has 192 valence electrons. The molecule has 3 aromatic carbocycles. The molecule has 6 nitrogen and oxygen atoms in total. The molecule has 3 heterocycles. The van der Waals surface area contributed by atoms with E-state index in [0.29, 0.717) is 17.0 Å². The molecule has 3 aliphatic heterocycles. The highest BCUT2D eigenvalue weighted by molar-refractivity contribution is 6.17. The lowest BCUT2D eigenvalue weighted by atomic mass is 9.63. The van der Waals surface area contributed by atoms with Crippen LogP contribution in [0.2, 0.25) is 0 Å². The van der Waals surface area contributed by atoms with E-state index in [1.165, 1.54) is 0 Å². The van der Waals surface area contributed by atoms with Crippen molar-refractivity contribution in [2.45, 2.75) is 38.3 Å². The number of methoxy groups -OCH3 is 1. The van der Waals surface area contributed by atoms with Gasteiger partial charge in [-0.3, -0.25) is 14.4 Å². The van der Waals surface area contributed by atoms with Gasteiger partial charge in [0.1, 0.15) is 17.2 Å². The Morgan fingerprint density at radius 1 is 0.947 bits per heavy atom. The molecule has 0 aliphatic carbocycles. The Bertz CT molecular complexity index is 1500. The molecular weight excluding hydrogens is 476 g/mol. The number of hydrogen-bond donors (Lipinski definition) is 1. The predicted molar refractivity (Wildman–Crippen MR) is 148 cm³/mol. The lowest BCUT2D eigenvalue weighted by molar-refractivity contribution is -0.128. The van der Waals surface area contributed by atoms with Crippen molar-refractivity contribution in [3.63, 3.8) is 0 Å². The maximum Gasteiger partial charge on any atom is 0.238 e. The summed E-state index contributed by atoms with van der Waals surface area (Å²) >= 11 is 0. The molecule has 4 atom stereocenters. The van der Waals surface area contributed by atoms with Crippen LogP contribution in [0.15, 0.2) is 78.9 Å². The number of carbonyl (C=O) groups excluding carboxylic acids is 3. The third-order valence-corrected chi connectivity index (χ3v) is 8.21. The van der Waals surface area contributed by atoms with Crippen LogP contribution in [0.1, 0.15) is 42.3 Å². The van der Waals surface area contributed by atoms with Crippen LogP contribution in [0.4, 0.5) is 11.4 Å². The Hall–Kier alpha value is -4.19. The molecule has 4 unspecified atom stereocenters. The topological polar surface area (TPSA) is 75.7 Å². The van der Waals surface area contributed by atoms with Gasteiger partial charge < -0.3 is 15.0 Å². The normalized spacial score (nSPS) is 25.0. The second kappa shape index (κ2) is 8.42. The molecular formula is C32H30N2O4. The second-order valence-corrected chi connectivity index (χ2v) is 11.3. The van der Waals surface area contributed by atoms with Gasteiger partial charge >= 0.3 is 0 Å². The summed E-state index contributed by atoms with van der Waals surface area (Å²) in [5.41, 5.74) is 1.64. The Labute approximate surface area is 222 Å². The van der Waals surface area contributed by atoms with E-state index >= 15 is 0 Å². The molecule has 3 aromatic rings. The van der Waals surface area contributed by atoms with E-state index in [0.717, 1.165) is 16.8 Å². The lowest BCUT2D eigenvalue weighted by Crippen LogP contribution is -2.51. The third kappa shape index (κ3) is 3.22. The molecule has 1 amide bonds. The first-order valence-electron chi connectivity index (χ1n) is 12.9. The molecule has 6 heteroatoms. The van der Waals surface area contributed by atoms with Crippen molar-refractivity contribution in [3.05, 3.63) is 95.6 Å². The van der Waals surface area contributed by atoms with Crippen LogP contribution >= 0.6 is 0 Å². The fourth-order valence-electron chi connectivity index (χ4n) is 6.50. The zero-order valence-corrected chi connectivity index (χ0v) is 21.9. The van der Waals surface area contributed by atoms with E-state index in [-0.39, 0.29) is 17.5 Å². The molecule has 1 N–H and O–H groups in total. The first-order chi connectivity index (χ1) is 18.2. The highest BCUT2D eigenvalue weighted by Gasteiger charge is 2.70. The molecule has 3 aliphatic rings. The fourth-order valence-corrected chi connectivity index (χ4v) is 6.50. The van der Waals surface area contributed by atoms with E-state index in [1.807, 2.05) is 86.4 Å². The van der Waals surface area contributed by atoms with E-state index in [4.69, 9.17) is 4.74 Å². The van der Waals surface area contributed by atoms with E-state index in [2.05, 4.69) is 5.32 Å². The molecule has 38 heavy (non-hydrogen) atoms. The molecule has 0 radical (unpaired) electrons. The molecule has 1 spiro atoms. The Morgan fingerprint density at radius 3 is 2.34 bits per heavy atom. The summed E-state index contributed by atoms with van der Waals surface area (Å²) in [6.07, 6.45) is 4.00. The second-order valence-electron chi connectivity index (χ2n) is 11.3. The van der Waals surface area contributed by atoms with Crippen LogP contribution < -0.4 is 15.0 Å². The predicted octanol–water partition coefficient (Wildman–Crippen LogP) is 5.28. The van der Waals surface area contributed by atoms with Crippen molar-refractivity contribution >= 4 is 34.9 Å². The Morgan fingerprint density at radius 2 is 1.63 bits per heavy atom. The maximum absolute atomic E-state index is 14.6. The standard InChI is InChI=1S/C32H30N2O4/c1-31(2,3)29(36)27-26(28(35)20-13-16-21(38-4)17-14-20)32(22-10-6-7-11-23(22)33-30(32)37)25-18-15-19-9-5-8-12-24(19)34(25)27/h5-18,25-27H,1-4H3,(H,33,37). The number of ketones is 2. The first-order valence-corrected chi connectivity index (χ1v) is 12.9. The summed E-state index contributed by atoms with van der Waals surface area (Å²) in [4.78, 5) is 45.3. The number of nitrogens with zero attached hydrogens (tertiary/aromatic N) is 1. The van der Waals surface area contributed by atoms with Gasteiger partial charge in [0.15, 0.2) is 11.6 Å². The quantitative estimate of drug-likeness (QED) is 0.487. The monoisotopic (exact) mass is 506 g/mol. The molecule has 0 aromatic heterocycles. The number of benzene rings is 3. The number of amides is 1. The number of rotatable bonds is 4. The summed E-state index contributed by atoms with van der Waals surface area (Å²) in [7, 11) is 1.57. The van der Waals surface area contributed by atoms with E-state index in [9.17, 15) is 14.4 Å². The SMILES string of the molecule is COc1ccc(C(=O)C2C(C(=O)C(C)(C)C)N3c4ccccc4C=CC3C23C(=O)Nc2ccccc23)cc1. The van der Waals surface area contributed by atoms with Crippen LogP contribution in [-0.4, -0.2) is 36.7 Å².